The van der Waals surface area contributed by atoms with E-state index in [4.69, 9.17) is 4.74 Å². The summed E-state index contributed by atoms with van der Waals surface area (Å²) in [6.45, 7) is 0.301. The quantitative estimate of drug-likeness (QED) is 0.286. The predicted molar refractivity (Wildman–Crippen MR) is 96.0 cm³/mol. The first-order valence-electron chi connectivity index (χ1n) is 9.15. The van der Waals surface area contributed by atoms with Crippen LogP contribution in [-0.4, -0.2) is 90.9 Å². The second-order valence-electron chi connectivity index (χ2n) is 6.91. The first-order valence-corrected chi connectivity index (χ1v) is 9.15. The third-order valence-electron chi connectivity index (χ3n) is 5.12. The molecule has 0 aliphatic carbocycles. The third kappa shape index (κ3) is 3.52. The number of ether oxygens (including phenoxy) is 1. The van der Waals surface area contributed by atoms with Crippen molar-refractivity contribution in [2.24, 2.45) is 0 Å². The molecule has 2 aliphatic rings. The highest BCUT2D eigenvalue weighted by molar-refractivity contribution is 5.83. The molecule has 1 amide bonds. The van der Waals surface area contributed by atoms with E-state index in [2.05, 4.69) is 35.9 Å². The Morgan fingerprint density at radius 2 is 2.14 bits per heavy atom. The first-order chi connectivity index (χ1) is 13.6. The number of rotatable bonds is 5. The molecule has 4 heterocycles. The summed E-state index contributed by atoms with van der Waals surface area (Å²) in [6, 6.07) is -1.31. The number of nitrogens with one attached hydrogen (secondary N) is 4. The number of aliphatic hydroxyl groups is 3. The first kappa shape index (κ1) is 19.0. The molecular formula is C16H23N7O5. The Bertz CT molecular complexity index is 825. The van der Waals surface area contributed by atoms with Crippen molar-refractivity contribution >= 4 is 22.9 Å². The number of hydrogen-bond acceptors (Lipinski definition) is 10. The highest BCUT2D eigenvalue weighted by atomic mass is 16.5. The Labute approximate surface area is 159 Å². The molecule has 0 spiro atoms. The van der Waals surface area contributed by atoms with Crippen LogP contribution in [0.15, 0.2) is 12.7 Å². The molecule has 0 aromatic carbocycles. The number of imidazole rings is 1. The third-order valence-corrected chi connectivity index (χ3v) is 5.12. The molecule has 0 radical (unpaired) electrons. The van der Waals surface area contributed by atoms with Gasteiger partial charge in [0.05, 0.1) is 25.0 Å². The van der Waals surface area contributed by atoms with Crippen molar-refractivity contribution in [2.75, 3.05) is 18.5 Å². The van der Waals surface area contributed by atoms with Crippen LogP contribution in [-0.2, 0) is 9.53 Å². The topological polar surface area (TPSA) is 178 Å². The minimum atomic E-state index is -1.38. The number of aromatic amines is 1. The van der Waals surface area contributed by atoms with Crippen LogP contribution in [0.4, 0.5) is 5.82 Å². The number of H-pyrrole nitrogens is 1. The maximum atomic E-state index is 12.4. The van der Waals surface area contributed by atoms with E-state index >= 15 is 0 Å². The second-order valence-corrected chi connectivity index (χ2v) is 6.91. The van der Waals surface area contributed by atoms with E-state index in [-0.39, 0.29) is 11.9 Å². The number of anilines is 1. The van der Waals surface area contributed by atoms with E-state index in [9.17, 15) is 20.1 Å². The lowest BCUT2D eigenvalue weighted by molar-refractivity contribution is -0.185. The lowest BCUT2D eigenvalue weighted by Crippen LogP contribution is -2.66. The monoisotopic (exact) mass is 393 g/mol. The van der Waals surface area contributed by atoms with Crippen LogP contribution < -0.4 is 16.0 Å². The molecule has 2 saturated heterocycles. The average molecular weight is 393 g/mol. The summed E-state index contributed by atoms with van der Waals surface area (Å²) >= 11 is 0. The van der Waals surface area contributed by atoms with Gasteiger partial charge < -0.3 is 41.0 Å². The van der Waals surface area contributed by atoms with Gasteiger partial charge in [0.25, 0.3) is 0 Å². The molecule has 6 atom stereocenters. The van der Waals surface area contributed by atoms with Gasteiger partial charge in [-0.3, -0.25) is 4.79 Å². The molecule has 12 nitrogen and oxygen atoms in total. The van der Waals surface area contributed by atoms with Crippen molar-refractivity contribution in [3.8, 4) is 0 Å². The molecule has 0 bridgehead atoms. The van der Waals surface area contributed by atoms with Crippen LogP contribution in [0, 0.1) is 0 Å². The highest BCUT2D eigenvalue weighted by Gasteiger charge is 2.45. The fourth-order valence-electron chi connectivity index (χ4n) is 3.60. The molecule has 12 heteroatoms. The average Bonchev–Trinajstić information content (AvgIpc) is 3.39. The summed E-state index contributed by atoms with van der Waals surface area (Å²) in [6.07, 6.45) is -0.368. The second kappa shape index (κ2) is 7.93. The Kier molecular flexibility index (Phi) is 5.37. The number of hydrogen-bond donors (Lipinski definition) is 7. The van der Waals surface area contributed by atoms with Crippen LogP contribution in [0.5, 0.6) is 0 Å². The van der Waals surface area contributed by atoms with Crippen molar-refractivity contribution < 1.29 is 24.9 Å². The Balaban J connectivity index is 1.48. The number of fused-ring (bicyclic) bond motifs is 1. The molecule has 152 valence electrons. The Morgan fingerprint density at radius 1 is 1.29 bits per heavy atom. The zero-order valence-corrected chi connectivity index (χ0v) is 14.9. The molecule has 28 heavy (non-hydrogen) atoms. The van der Waals surface area contributed by atoms with Crippen LogP contribution in [0.3, 0.4) is 0 Å². The van der Waals surface area contributed by atoms with Gasteiger partial charge in [0.2, 0.25) is 5.91 Å². The highest BCUT2D eigenvalue weighted by Crippen LogP contribution is 2.24. The minimum Gasteiger partial charge on any atom is -0.394 e. The Morgan fingerprint density at radius 3 is 2.89 bits per heavy atom. The smallest absolute Gasteiger partial charge is 0.237 e. The normalized spacial score (nSPS) is 33.1. The number of aliphatic hydroxyl groups excluding tert-OH is 3. The molecule has 2 aromatic heterocycles. The fourth-order valence-corrected chi connectivity index (χ4v) is 3.60. The van der Waals surface area contributed by atoms with Crippen LogP contribution >= 0.6 is 0 Å². The predicted octanol–water partition coefficient (Wildman–Crippen LogP) is -2.56. The van der Waals surface area contributed by atoms with Gasteiger partial charge in [-0.25, -0.2) is 15.0 Å². The van der Waals surface area contributed by atoms with Crippen molar-refractivity contribution in [1.82, 2.24) is 30.6 Å². The summed E-state index contributed by atoms with van der Waals surface area (Å²) in [5, 5.41) is 39.5. The van der Waals surface area contributed by atoms with Gasteiger partial charge in [0.1, 0.15) is 30.2 Å². The van der Waals surface area contributed by atoms with E-state index in [0.29, 0.717) is 23.4 Å². The number of amides is 1. The fraction of sp³-hybridized carbons (Fsp3) is 0.625. The SMILES string of the molecule is O=C(N[C@@H]1[C@@H](O)[C@H](O)[C@H](Nc2ncnc3nc[nH]c23)O[C@H]1CO)[C@H]1CCCN1. The van der Waals surface area contributed by atoms with Crippen molar-refractivity contribution in [1.29, 1.82) is 0 Å². The van der Waals surface area contributed by atoms with Gasteiger partial charge in [-0.2, -0.15) is 0 Å². The van der Waals surface area contributed by atoms with Gasteiger partial charge in [0, 0.05) is 0 Å². The summed E-state index contributed by atoms with van der Waals surface area (Å²) in [5.41, 5.74) is 0.937. The molecule has 0 unspecified atom stereocenters. The lowest BCUT2D eigenvalue weighted by atomic mass is 9.95. The summed E-state index contributed by atoms with van der Waals surface area (Å²) < 4.78 is 5.72. The van der Waals surface area contributed by atoms with E-state index in [1.165, 1.54) is 12.7 Å². The van der Waals surface area contributed by atoms with Gasteiger partial charge >= 0.3 is 0 Å². The number of carbonyl (C=O) groups excluding carboxylic acids is 1. The molecular weight excluding hydrogens is 370 g/mol. The molecule has 2 aromatic rings. The van der Waals surface area contributed by atoms with Gasteiger partial charge in [-0.05, 0) is 19.4 Å². The zero-order valence-electron chi connectivity index (χ0n) is 14.9. The van der Waals surface area contributed by atoms with Crippen molar-refractivity contribution in [3.63, 3.8) is 0 Å². The maximum Gasteiger partial charge on any atom is 0.237 e. The van der Waals surface area contributed by atoms with Gasteiger partial charge in [0.15, 0.2) is 17.7 Å². The molecule has 2 aliphatic heterocycles. The van der Waals surface area contributed by atoms with Crippen LogP contribution in [0.1, 0.15) is 12.8 Å². The number of nitrogens with zero attached hydrogens (tertiary/aromatic N) is 3. The standard InChI is InChI=1S/C16H23N7O5/c24-4-8-9(22-15(27)7-2-1-3-17-7)11(25)12(26)16(28-8)23-14-10-13(19-5-18-10)20-6-21-14/h5-9,11-12,16-17,24-26H,1-4H2,(H,22,27)(H2,18,19,20,21,23)/t7-,8+,9+,11-,12+,16-/m1/s1. The molecule has 7 N–H and O–H groups in total. The van der Waals surface area contributed by atoms with Crippen LogP contribution in [0.2, 0.25) is 0 Å². The van der Waals surface area contributed by atoms with E-state index < -0.39 is 37.2 Å². The number of carbonyl (C=O) groups is 1. The van der Waals surface area contributed by atoms with E-state index in [1.54, 1.807) is 0 Å². The molecule has 4 rings (SSSR count). The van der Waals surface area contributed by atoms with Crippen molar-refractivity contribution in [3.05, 3.63) is 12.7 Å². The summed E-state index contributed by atoms with van der Waals surface area (Å²) in [7, 11) is 0. The minimum absolute atomic E-state index is 0.294. The summed E-state index contributed by atoms with van der Waals surface area (Å²) in [4.78, 5) is 27.4. The largest absolute Gasteiger partial charge is 0.394 e. The van der Waals surface area contributed by atoms with Crippen molar-refractivity contribution in [2.45, 2.75) is 49.5 Å². The zero-order chi connectivity index (χ0) is 19.7. The van der Waals surface area contributed by atoms with E-state index in [0.717, 1.165) is 13.0 Å². The van der Waals surface area contributed by atoms with Gasteiger partial charge in [-0.1, -0.05) is 0 Å². The molecule has 2 fully saturated rings. The molecule has 0 saturated carbocycles. The maximum absolute atomic E-state index is 12.4. The lowest BCUT2D eigenvalue weighted by Gasteiger charge is -2.43. The summed E-state index contributed by atoms with van der Waals surface area (Å²) in [5.74, 6) is 0.0326. The number of aromatic nitrogens is 4. The Hall–Kier alpha value is -2.38. The van der Waals surface area contributed by atoms with Gasteiger partial charge in [-0.15, -0.1) is 0 Å². The van der Waals surface area contributed by atoms with E-state index in [1.807, 2.05) is 0 Å². The van der Waals surface area contributed by atoms with Crippen LogP contribution in [0.25, 0.3) is 11.2 Å².